The predicted octanol–water partition coefficient (Wildman–Crippen LogP) is 3.83. The Bertz CT molecular complexity index is 786. The summed E-state index contributed by atoms with van der Waals surface area (Å²) in [7, 11) is 0. The van der Waals surface area contributed by atoms with Crippen molar-refractivity contribution in [1.82, 2.24) is 4.98 Å². The van der Waals surface area contributed by atoms with Crippen LogP contribution in [-0.4, -0.2) is 11.5 Å². The predicted molar refractivity (Wildman–Crippen MR) is 91.1 cm³/mol. The molecule has 0 aliphatic carbocycles. The van der Waals surface area contributed by atoms with Crippen molar-refractivity contribution in [2.24, 2.45) is 0 Å². The normalized spacial score (nSPS) is 10.6. The molecule has 1 heterocycles. The second-order valence-electron chi connectivity index (χ2n) is 5.07. The summed E-state index contributed by atoms with van der Waals surface area (Å²) >= 11 is 0. The van der Waals surface area contributed by atoms with Gasteiger partial charge in [0.2, 0.25) is 0 Å². The average molecular weight is 293 g/mol. The van der Waals surface area contributed by atoms with Crippen LogP contribution >= 0.6 is 0 Å². The van der Waals surface area contributed by atoms with Gasteiger partial charge < -0.3 is 15.8 Å². The minimum absolute atomic E-state index is 0.495. The lowest BCUT2D eigenvalue weighted by Crippen LogP contribution is -2.02. The Morgan fingerprint density at radius 2 is 1.91 bits per heavy atom. The highest BCUT2D eigenvalue weighted by atomic mass is 16.5. The Morgan fingerprint density at radius 1 is 1.09 bits per heavy atom. The zero-order chi connectivity index (χ0) is 15.4. The van der Waals surface area contributed by atoms with E-state index in [4.69, 9.17) is 10.5 Å². The molecule has 4 nitrogen and oxygen atoms in total. The molecule has 0 radical (unpaired) electrons. The van der Waals surface area contributed by atoms with Gasteiger partial charge >= 0.3 is 0 Å². The molecule has 0 aliphatic heterocycles. The van der Waals surface area contributed by atoms with Crippen molar-refractivity contribution in [2.45, 2.75) is 13.5 Å². The first-order chi connectivity index (χ1) is 10.8. The third-order valence-electron chi connectivity index (χ3n) is 3.49. The molecule has 3 rings (SSSR count). The summed E-state index contributed by atoms with van der Waals surface area (Å²) in [6.07, 6.45) is 1.79. The van der Waals surface area contributed by atoms with Gasteiger partial charge in [0.1, 0.15) is 18.2 Å². The summed E-state index contributed by atoms with van der Waals surface area (Å²) in [5.74, 6) is 1.71. The molecule has 0 bridgehead atoms. The first-order valence-corrected chi connectivity index (χ1v) is 7.36. The van der Waals surface area contributed by atoms with Crippen molar-refractivity contribution < 1.29 is 4.74 Å². The quantitative estimate of drug-likeness (QED) is 0.702. The van der Waals surface area contributed by atoms with Gasteiger partial charge in [-0.05, 0) is 36.8 Å². The van der Waals surface area contributed by atoms with E-state index in [-0.39, 0.29) is 0 Å². The lowest BCUT2D eigenvalue weighted by Gasteiger charge is -2.11. The van der Waals surface area contributed by atoms with Gasteiger partial charge in [-0.2, -0.15) is 0 Å². The van der Waals surface area contributed by atoms with Gasteiger partial charge in [0.05, 0.1) is 0 Å². The van der Waals surface area contributed by atoms with Crippen LogP contribution in [0.3, 0.4) is 0 Å². The Kier molecular flexibility index (Phi) is 4.10. The number of nitrogen functional groups attached to an aromatic ring is 1. The van der Waals surface area contributed by atoms with Crippen LogP contribution < -0.4 is 15.8 Å². The monoisotopic (exact) mass is 293 g/mol. The van der Waals surface area contributed by atoms with Crippen LogP contribution in [0.2, 0.25) is 0 Å². The molecule has 0 unspecified atom stereocenters. The third kappa shape index (κ3) is 2.96. The Labute approximate surface area is 129 Å². The number of aromatic nitrogens is 1. The first-order valence-electron chi connectivity index (χ1n) is 7.36. The minimum Gasteiger partial charge on any atom is -0.488 e. The number of nitrogens with one attached hydrogen (secondary N) is 1. The lowest BCUT2D eigenvalue weighted by molar-refractivity contribution is 0.310. The SMILES string of the molecule is CCNc1cc(COc2ccc(N)c3ccccc23)ccn1. The number of rotatable bonds is 5. The maximum Gasteiger partial charge on any atom is 0.127 e. The van der Waals surface area contributed by atoms with Crippen molar-refractivity contribution in [2.75, 3.05) is 17.6 Å². The molecule has 112 valence electrons. The van der Waals surface area contributed by atoms with Gasteiger partial charge in [-0.3, -0.25) is 0 Å². The number of nitrogens with two attached hydrogens (primary N) is 1. The van der Waals surface area contributed by atoms with Gasteiger partial charge in [-0.1, -0.05) is 24.3 Å². The largest absolute Gasteiger partial charge is 0.488 e. The molecule has 22 heavy (non-hydrogen) atoms. The summed E-state index contributed by atoms with van der Waals surface area (Å²) in [6, 6.07) is 15.8. The molecular weight excluding hydrogens is 274 g/mol. The highest BCUT2D eigenvalue weighted by Gasteiger charge is 2.05. The number of hydrogen-bond donors (Lipinski definition) is 2. The van der Waals surface area contributed by atoms with E-state index in [2.05, 4.69) is 10.3 Å². The van der Waals surface area contributed by atoms with E-state index in [1.807, 2.05) is 55.5 Å². The van der Waals surface area contributed by atoms with Crippen molar-refractivity contribution in [3.05, 3.63) is 60.3 Å². The summed E-state index contributed by atoms with van der Waals surface area (Å²) in [5, 5.41) is 5.25. The molecule has 2 aromatic carbocycles. The van der Waals surface area contributed by atoms with E-state index in [0.29, 0.717) is 6.61 Å². The number of ether oxygens (including phenoxy) is 1. The fourth-order valence-corrected chi connectivity index (χ4v) is 2.42. The number of nitrogens with zero attached hydrogens (tertiary/aromatic N) is 1. The molecule has 4 heteroatoms. The van der Waals surface area contributed by atoms with Crippen LogP contribution in [0.15, 0.2) is 54.7 Å². The van der Waals surface area contributed by atoms with E-state index in [1.165, 1.54) is 0 Å². The summed E-state index contributed by atoms with van der Waals surface area (Å²) < 4.78 is 5.98. The van der Waals surface area contributed by atoms with Gasteiger partial charge in [0.15, 0.2) is 0 Å². The smallest absolute Gasteiger partial charge is 0.127 e. The minimum atomic E-state index is 0.495. The van der Waals surface area contributed by atoms with Crippen molar-refractivity contribution in [3.63, 3.8) is 0 Å². The molecule has 0 saturated heterocycles. The summed E-state index contributed by atoms with van der Waals surface area (Å²) in [5.41, 5.74) is 7.85. The zero-order valence-electron chi connectivity index (χ0n) is 12.5. The van der Waals surface area contributed by atoms with Crippen LogP contribution in [-0.2, 0) is 6.61 Å². The topological polar surface area (TPSA) is 60.2 Å². The molecule has 0 saturated carbocycles. The van der Waals surface area contributed by atoms with Crippen LogP contribution in [0, 0.1) is 0 Å². The summed E-state index contributed by atoms with van der Waals surface area (Å²) in [6.45, 7) is 3.39. The molecule has 0 spiro atoms. The number of anilines is 2. The number of hydrogen-bond acceptors (Lipinski definition) is 4. The molecule has 3 N–H and O–H groups in total. The van der Waals surface area contributed by atoms with Crippen molar-refractivity contribution in [1.29, 1.82) is 0 Å². The summed E-state index contributed by atoms with van der Waals surface area (Å²) in [4.78, 5) is 4.26. The molecule has 3 aromatic rings. The molecule has 0 aliphatic rings. The zero-order valence-corrected chi connectivity index (χ0v) is 12.5. The van der Waals surface area contributed by atoms with E-state index < -0.39 is 0 Å². The lowest BCUT2D eigenvalue weighted by atomic mass is 10.1. The second-order valence-corrected chi connectivity index (χ2v) is 5.07. The Hall–Kier alpha value is -2.75. The van der Waals surface area contributed by atoms with Gasteiger partial charge in [0.25, 0.3) is 0 Å². The van der Waals surface area contributed by atoms with E-state index in [1.54, 1.807) is 6.20 Å². The fraction of sp³-hybridized carbons (Fsp3) is 0.167. The average Bonchev–Trinajstić information content (AvgIpc) is 2.55. The van der Waals surface area contributed by atoms with Crippen molar-refractivity contribution >= 4 is 22.3 Å². The highest BCUT2D eigenvalue weighted by Crippen LogP contribution is 2.30. The van der Waals surface area contributed by atoms with Crippen LogP contribution in [0.25, 0.3) is 10.8 Å². The van der Waals surface area contributed by atoms with E-state index >= 15 is 0 Å². The van der Waals surface area contributed by atoms with Crippen LogP contribution in [0.4, 0.5) is 11.5 Å². The van der Waals surface area contributed by atoms with Crippen molar-refractivity contribution in [3.8, 4) is 5.75 Å². The van der Waals surface area contributed by atoms with Gasteiger partial charge in [0, 0.05) is 29.2 Å². The number of benzene rings is 2. The first kappa shape index (κ1) is 14.2. The Balaban J connectivity index is 1.82. The molecular formula is C18H19N3O. The molecule has 0 amide bonds. The maximum absolute atomic E-state index is 6.01. The fourth-order valence-electron chi connectivity index (χ4n) is 2.42. The van der Waals surface area contributed by atoms with Gasteiger partial charge in [-0.25, -0.2) is 4.98 Å². The van der Waals surface area contributed by atoms with Gasteiger partial charge in [-0.15, -0.1) is 0 Å². The van der Waals surface area contributed by atoms with E-state index in [9.17, 15) is 0 Å². The Morgan fingerprint density at radius 3 is 2.73 bits per heavy atom. The molecule has 0 atom stereocenters. The number of fused-ring (bicyclic) bond motifs is 1. The highest BCUT2D eigenvalue weighted by molar-refractivity contribution is 5.96. The molecule has 1 aromatic heterocycles. The third-order valence-corrected chi connectivity index (χ3v) is 3.49. The van der Waals surface area contributed by atoms with E-state index in [0.717, 1.165) is 40.1 Å². The maximum atomic E-state index is 6.01. The standard InChI is InChI=1S/C18H19N3O/c1-2-20-18-11-13(9-10-21-18)12-22-17-8-7-16(19)14-5-3-4-6-15(14)17/h3-11H,2,12,19H2,1H3,(H,20,21). The van der Waals surface area contributed by atoms with Crippen LogP contribution in [0.5, 0.6) is 5.75 Å². The van der Waals surface area contributed by atoms with Crippen LogP contribution in [0.1, 0.15) is 12.5 Å². The number of pyridine rings is 1. The molecule has 0 fully saturated rings. The second kappa shape index (κ2) is 6.35.